The van der Waals surface area contributed by atoms with Gasteiger partial charge in [0, 0.05) is 6.07 Å². The zero-order chi connectivity index (χ0) is 21.2. The molecule has 2 amide bonds. The van der Waals surface area contributed by atoms with Crippen LogP contribution in [0.2, 0.25) is 0 Å². The van der Waals surface area contributed by atoms with E-state index in [-0.39, 0.29) is 24.3 Å². The summed E-state index contributed by atoms with van der Waals surface area (Å²) in [5.41, 5.74) is 0.979. The first-order valence-electron chi connectivity index (χ1n) is 10.4. The number of carbonyl (C=O) groups is 2. The zero-order valence-electron chi connectivity index (χ0n) is 17.9. The van der Waals surface area contributed by atoms with Crippen LogP contribution in [0.1, 0.15) is 44.4 Å². The summed E-state index contributed by atoms with van der Waals surface area (Å²) < 4.78 is 4.99. The van der Waals surface area contributed by atoms with Gasteiger partial charge in [-0.25, -0.2) is 0 Å². The molecule has 7 heteroatoms. The van der Waals surface area contributed by atoms with Crippen molar-refractivity contribution >= 4 is 17.6 Å². The first-order valence-corrected chi connectivity index (χ1v) is 10.4. The van der Waals surface area contributed by atoms with E-state index in [1.54, 1.807) is 17.9 Å². The van der Waals surface area contributed by atoms with Crippen LogP contribution in [-0.4, -0.2) is 54.6 Å². The van der Waals surface area contributed by atoms with Crippen molar-refractivity contribution in [3.63, 3.8) is 0 Å². The first kappa shape index (κ1) is 22.6. The Labute approximate surface area is 173 Å². The summed E-state index contributed by atoms with van der Waals surface area (Å²) in [5.74, 6) is 0.434. The topological polar surface area (TPSA) is 79.9 Å². The maximum absolute atomic E-state index is 13.4. The molecule has 29 heavy (non-hydrogen) atoms. The van der Waals surface area contributed by atoms with Gasteiger partial charge < -0.3 is 19.6 Å². The smallest absolute Gasteiger partial charge is 0.245 e. The molecule has 0 aliphatic carbocycles. The fourth-order valence-electron chi connectivity index (χ4n) is 3.40. The van der Waals surface area contributed by atoms with Gasteiger partial charge in [0.25, 0.3) is 0 Å². The lowest BCUT2D eigenvalue weighted by molar-refractivity contribution is -0.895. The van der Waals surface area contributed by atoms with E-state index < -0.39 is 0 Å². The third-order valence-corrected chi connectivity index (χ3v) is 5.19. The Balaban J connectivity index is 2.13. The molecule has 1 heterocycles. The number of quaternary nitrogens is 1. The molecule has 0 aliphatic rings. The van der Waals surface area contributed by atoms with Crippen LogP contribution in [-0.2, 0) is 9.59 Å². The van der Waals surface area contributed by atoms with Crippen LogP contribution >= 0.6 is 0 Å². The van der Waals surface area contributed by atoms with Gasteiger partial charge in [0.1, 0.15) is 12.3 Å². The van der Waals surface area contributed by atoms with Crippen molar-refractivity contribution in [1.82, 2.24) is 10.1 Å². The van der Waals surface area contributed by atoms with E-state index in [2.05, 4.69) is 24.3 Å². The largest absolute Gasteiger partial charge is 0.360 e. The van der Waals surface area contributed by atoms with Gasteiger partial charge in [0.15, 0.2) is 5.82 Å². The Morgan fingerprint density at radius 2 is 1.86 bits per heavy atom. The number of anilines is 1. The summed E-state index contributed by atoms with van der Waals surface area (Å²) in [5, 5.41) is 6.51. The van der Waals surface area contributed by atoms with Crippen LogP contribution in [0, 0.1) is 6.92 Å². The van der Waals surface area contributed by atoms with Crippen molar-refractivity contribution in [3.8, 4) is 0 Å². The van der Waals surface area contributed by atoms with Gasteiger partial charge in [-0.3, -0.25) is 9.59 Å². The van der Waals surface area contributed by atoms with Crippen LogP contribution < -0.4 is 10.2 Å². The van der Waals surface area contributed by atoms with Crippen LogP contribution in [0.3, 0.4) is 0 Å². The average Bonchev–Trinajstić information content (AvgIpc) is 3.13. The summed E-state index contributed by atoms with van der Waals surface area (Å²) in [7, 11) is 0. The zero-order valence-corrected chi connectivity index (χ0v) is 17.9. The molecule has 0 spiro atoms. The molecule has 0 bridgehead atoms. The minimum absolute atomic E-state index is 0.00518. The Bertz CT molecular complexity index is 771. The molecular weight excluding hydrogens is 368 g/mol. The molecule has 2 rings (SSSR count). The van der Waals surface area contributed by atoms with E-state index >= 15 is 0 Å². The molecule has 0 radical (unpaired) electrons. The highest BCUT2D eigenvalue weighted by Gasteiger charge is 2.27. The standard InChI is InChI=1S/C22H32N4O3/c1-5-19(18-11-9-8-10-12-18)22(28)26(14-13-25(6-2)7-3)16-21(27)23-20-15-17(4)29-24-20/h8-12,15,19H,5-7,13-14,16H2,1-4H3,(H,23,24,27)/p+1/t19-/m0/s1. The van der Waals surface area contributed by atoms with Crippen LogP contribution in [0.15, 0.2) is 40.9 Å². The van der Waals surface area contributed by atoms with E-state index in [0.717, 1.165) is 25.2 Å². The number of rotatable bonds is 11. The SMILES string of the molecule is CC[C@H](C(=O)N(CC[NH+](CC)CC)CC(=O)Nc1cc(C)on1)c1ccccc1. The molecule has 1 aromatic carbocycles. The lowest BCUT2D eigenvalue weighted by Gasteiger charge is -2.28. The predicted octanol–water partition coefficient (Wildman–Crippen LogP) is 1.87. The minimum atomic E-state index is -0.274. The van der Waals surface area contributed by atoms with E-state index in [4.69, 9.17) is 4.52 Å². The number of nitrogens with zero attached hydrogens (tertiary/aromatic N) is 2. The number of amides is 2. The Hall–Kier alpha value is -2.67. The van der Waals surface area contributed by atoms with Gasteiger partial charge in [-0.2, -0.15) is 0 Å². The third-order valence-electron chi connectivity index (χ3n) is 5.19. The van der Waals surface area contributed by atoms with E-state index in [9.17, 15) is 9.59 Å². The normalized spacial score (nSPS) is 12.0. The fourth-order valence-corrected chi connectivity index (χ4v) is 3.40. The monoisotopic (exact) mass is 401 g/mol. The molecule has 7 nitrogen and oxygen atoms in total. The van der Waals surface area contributed by atoms with Gasteiger partial charge in [0.05, 0.1) is 32.1 Å². The highest BCUT2D eigenvalue weighted by molar-refractivity contribution is 5.95. The van der Waals surface area contributed by atoms with Crippen molar-refractivity contribution in [2.75, 3.05) is 38.0 Å². The molecule has 0 fully saturated rings. The maximum Gasteiger partial charge on any atom is 0.245 e. The van der Waals surface area contributed by atoms with Gasteiger partial charge in [-0.1, -0.05) is 42.4 Å². The highest BCUT2D eigenvalue weighted by atomic mass is 16.5. The van der Waals surface area contributed by atoms with Gasteiger partial charge in [-0.05, 0) is 32.8 Å². The minimum Gasteiger partial charge on any atom is -0.360 e. The van der Waals surface area contributed by atoms with Gasteiger partial charge >= 0.3 is 0 Å². The molecule has 158 valence electrons. The second-order valence-electron chi connectivity index (χ2n) is 7.21. The number of hydrogen-bond acceptors (Lipinski definition) is 4. The van der Waals surface area contributed by atoms with Crippen molar-refractivity contribution in [2.24, 2.45) is 0 Å². The fraction of sp³-hybridized carbons (Fsp3) is 0.500. The van der Waals surface area contributed by atoms with Crippen molar-refractivity contribution in [3.05, 3.63) is 47.7 Å². The number of carbonyl (C=O) groups excluding carboxylic acids is 2. The molecule has 0 saturated carbocycles. The van der Waals surface area contributed by atoms with Gasteiger partial charge in [-0.15, -0.1) is 0 Å². The van der Waals surface area contributed by atoms with Crippen molar-refractivity contribution in [2.45, 2.75) is 40.0 Å². The second-order valence-corrected chi connectivity index (χ2v) is 7.21. The molecule has 0 aliphatic heterocycles. The van der Waals surface area contributed by atoms with Crippen LogP contribution in [0.5, 0.6) is 0 Å². The molecule has 1 atom stereocenters. The van der Waals surface area contributed by atoms with Gasteiger partial charge in [0.2, 0.25) is 11.8 Å². The summed E-state index contributed by atoms with van der Waals surface area (Å²) in [6, 6.07) is 11.4. The summed E-state index contributed by atoms with van der Waals surface area (Å²) in [6.45, 7) is 11.3. The Kier molecular flexibility index (Phi) is 8.86. The number of nitrogens with one attached hydrogen (secondary N) is 2. The Morgan fingerprint density at radius 3 is 2.41 bits per heavy atom. The van der Waals surface area contributed by atoms with Crippen molar-refractivity contribution in [1.29, 1.82) is 0 Å². The number of benzene rings is 1. The lowest BCUT2D eigenvalue weighted by Crippen LogP contribution is -3.12. The average molecular weight is 402 g/mol. The number of aryl methyl sites for hydroxylation is 1. The number of hydrogen-bond donors (Lipinski definition) is 2. The molecular formula is C22H33N4O3+. The molecule has 2 N–H and O–H groups in total. The highest BCUT2D eigenvalue weighted by Crippen LogP contribution is 2.22. The Morgan fingerprint density at radius 1 is 1.17 bits per heavy atom. The number of likely N-dealkylation sites (N-methyl/N-ethyl adjacent to an activating group) is 1. The van der Waals surface area contributed by atoms with E-state index in [1.165, 1.54) is 4.90 Å². The summed E-state index contributed by atoms with van der Waals surface area (Å²) in [6.07, 6.45) is 0.682. The molecule has 0 unspecified atom stereocenters. The summed E-state index contributed by atoms with van der Waals surface area (Å²) in [4.78, 5) is 29.0. The van der Waals surface area contributed by atoms with E-state index in [0.29, 0.717) is 24.5 Å². The lowest BCUT2D eigenvalue weighted by atomic mass is 9.95. The first-order chi connectivity index (χ1) is 14.0. The van der Waals surface area contributed by atoms with E-state index in [1.807, 2.05) is 37.3 Å². The van der Waals surface area contributed by atoms with Crippen LogP contribution in [0.25, 0.3) is 0 Å². The molecule has 0 saturated heterocycles. The second kappa shape index (κ2) is 11.4. The van der Waals surface area contributed by atoms with Crippen molar-refractivity contribution < 1.29 is 19.0 Å². The quantitative estimate of drug-likeness (QED) is 0.602. The maximum atomic E-state index is 13.4. The summed E-state index contributed by atoms with van der Waals surface area (Å²) >= 11 is 0. The third kappa shape index (κ3) is 6.71. The predicted molar refractivity (Wildman–Crippen MR) is 113 cm³/mol. The molecule has 1 aromatic heterocycles. The van der Waals surface area contributed by atoms with Crippen LogP contribution in [0.4, 0.5) is 5.82 Å². The number of aromatic nitrogens is 1. The molecule has 2 aromatic rings.